The highest BCUT2D eigenvalue weighted by Gasteiger charge is 2.19. The van der Waals surface area contributed by atoms with Crippen LogP contribution in [0.5, 0.6) is 0 Å². The maximum atomic E-state index is 12.5. The van der Waals surface area contributed by atoms with Crippen molar-refractivity contribution >= 4 is 44.5 Å². The van der Waals surface area contributed by atoms with Crippen LogP contribution in [0.15, 0.2) is 75.0 Å². The van der Waals surface area contributed by atoms with Crippen LogP contribution < -0.4 is 11.1 Å². The molecule has 31 heavy (non-hydrogen) atoms. The Morgan fingerprint density at radius 1 is 0.968 bits per heavy atom. The number of hydrogen-bond acceptors (Lipinski definition) is 8. The Labute approximate surface area is 173 Å². The summed E-state index contributed by atoms with van der Waals surface area (Å²) in [5, 5.41) is 28.8. The normalized spacial score (nSPS) is 11.6. The smallest absolute Gasteiger partial charge is 0.345 e. The molecule has 0 saturated heterocycles. The number of hydrazone groups is 1. The number of anilines is 1. The molecule has 0 amide bonds. The second-order valence-electron chi connectivity index (χ2n) is 6.67. The van der Waals surface area contributed by atoms with Crippen molar-refractivity contribution in [3.63, 3.8) is 0 Å². The standard InChI is InChI=1S/C21H14N4O6/c1-12(22-23-18-8-7-14(24(27)28)10-19(18)25(29)30)16-11-17-15-5-3-2-4-13(15)6-9-20(17)31-21(16)26/h2-11,23H,1H3/b22-12+. The quantitative estimate of drug-likeness (QED) is 0.164. The number of fused-ring (bicyclic) bond motifs is 3. The first-order valence-corrected chi connectivity index (χ1v) is 9.04. The maximum Gasteiger partial charge on any atom is 0.345 e. The van der Waals surface area contributed by atoms with Crippen LogP contribution in [-0.2, 0) is 0 Å². The van der Waals surface area contributed by atoms with E-state index >= 15 is 0 Å². The summed E-state index contributed by atoms with van der Waals surface area (Å²) < 4.78 is 5.43. The van der Waals surface area contributed by atoms with Gasteiger partial charge in [0.2, 0.25) is 0 Å². The van der Waals surface area contributed by atoms with Crippen LogP contribution in [-0.4, -0.2) is 15.6 Å². The van der Waals surface area contributed by atoms with Gasteiger partial charge in [-0.05, 0) is 35.9 Å². The number of nitro groups is 2. The first-order valence-electron chi connectivity index (χ1n) is 9.04. The Bertz CT molecular complexity index is 1460. The maximum absolute atomic E-state index is 12.5. The van der Waals surface area contributed by atoms with Gasteiger partial charge in [-0.1, -0.05) is 30.3 Å². The average Bonchev–Trinajstić information content (AvgIpc) is 2.76. The lowest BCUT2D eigenvalue weighted by Gasteiger charge is -2.06. The first kappa shape index (κ1) is 19.7. The van der Waals surface area contributed by atoms with Crippen LogP contribution >= 0.6 is 0 Å². The molecule has 1 N–H and O–H groups in total. The number of hydrogen-bond donors (Lipinski definition) is 1. The molecule has 10 nitrogen and oxygen atoms in total. The van der Waals surface area contributed by atoms with Crippen molar-refractivity contribution < 1.29 is 14.3 Å². The van der Waals surface area contributed by atoms with Gasteiger partial charge in [0.1, 0.15) is 11.3 Å². The molecule has 10 heteroatoms. The fourth-order valence-corrected chi connectivity index (χ4v) is 3.21. The van der Waals surface area contributed by atoms with Crippen molar-refractivity contribution in [2.75, 3.05) is 5.43 Å². The monoisotopic (exact) mass is 418 g/mol. The summed E-state index contributed by atoms with van der Waals surface area (Å²) in [5.41, 5.74) is 1.77. The van der Waals surface area contributed by atoms with E-state index in [-0.39, 0.29) is 17.0 Å². The van der Waals surface area contributed by atoms with Crippen LogP contribution in [0.25, 0.3) is 21.7 Å². The van der Waals surface area contributed by atoms with Crippen molar-refractivity contribution in [2.45, 2.75) is 6.92 Å². The molecule has 0 aliphatic carbocycles. The number of nitrogens with one attached hydrogen (secondary N) is 1. The minimum Gasteiger partial charge on any atom is -0.422 e. The summed E-state index contributed by atoms with van der Waals surface area (Å²) >= 11 is 0. The Balaban J connectivity index is 1.76. The predicted octanol–water partition coefficient (Wildman–Crippen LogP) is 4.60. The number of rotatable bonds is 5. The van der Waals surface area contributed by atoms with Crippen molar-refractivity contribution in [2.24, 2.45) is 5.10 Å². The molecule has 0 bridgehead atoms. The van der Waals surface area contributed by atoms with Gasteiger partial charge < -0.3 is 4.42 Å². The minimum absolute atomic E-state index is 0.0504. The molecule has 0 fully saturated rings. The summed E-state index contributed by atoms with van der Waals surface area (Å²) in [6, 6.07) is 16.0. The van der Waals surface area contributed by atoms with Gasteiger partial charge in [0.25, 0.3) is 5.69 Å². The van der Waals surface area contributed by atoms with Gasteiger partial charge in [0, 0.05) is 11.5 Å². The SMILES string of the molecule is C/C(=N\Nc1ccc([N+](=O)[O-])cc1[N+](=O)[O-])c1cc2c(ccc3ccccc32)oc1=O. The lowest BCUT2D eigenvalue weighted by molar-refractivity contribution is -0.393. The second-order valence-corrected chi connectivity index (χ2v) is 6.67. The van der Waals surface area contributed by atoms with E-state index in [4.69, 9.17) is 4.42 Å². The predicted molar refractivity (Wildman–Crippen MR) is 116 cm³/mol. The van der Waals surface area contributed by atoms with Crippen molar-refractivity contribution in [3.8, 4) is 0 Å². The lowest BCUT2D eigenvalue weighted by Crippen LogP contribution is -2.13. The fraction of sp³-hybridized carbons (Fsp3) is 0.0476. The van der Waals surface area contributed by atoms with E-state index in [1.807, 2.05) is 30.3 Å². The van der Waals surface area contributed by atoms with E-state index in [2.05, 4.69) is 10.5 Å². The molecule has 0 unspecified atom stereocenters. The van der Waals surface area contributed by atoms with E-state index in [0.29, 0.717) is 5.58 Å². The second kappa shape index (κ2) is 7.67. The molecule has 0 saturated carbocycles. The van der Waals surface area contributed by atoms with Gasteiger partial charge in [-0.25, -0.2) is 4.79 Å². The van der Waals surface area contributed by atoms with Crippen LogP contribution in [0.4, 0.5) is 17.1 Å². The molecule has 1 heterocycles. The van der Waals surface area contributed by atoms with E-state index in [0.717, 1.165) is 28.3 Å². The summed E-state index contributed by atoms with van der Waals surface area (Å²) in [5.74, 6) is 0. The Kier molecular flexibility index (Phi) is 4.88. The largest absolute Gasteiger partial charge is 0.422 e. The van der Waals surface area contributed by atoms with Crippen LogP contribution in [0.2, 0.25) is 0 Å². The van der Waals surface area contributed by atoms with E-state index in [1.165, 1.54) is 6.07 Å². The summed E-state index contributed by atoms with van der Waals surface area (Å²) in [6.45, 7) is 1.55. The molecular weight excluding hydrogens is 404 g/mol. The van der Waals surface area contributed by atoms with Crippen LogP contribution in [0.3, 0.4) is 0 Å². The Hall–Kier alpha value is -4.60. The van der Waals surface area contributed by atoms with Gasteiger partial charge in [-0.15, -0.1) is 0 Å². The Morgan fingerprint density at radius 3 is 2.48 bits per heavy atom. The molecule has 1 aromatic heterocycles. The van der Waals surface area contributed by atoms with E-state index < -0.39 is 26.8 Å². The molecule has 0 radical (unpaired) electrons. The third-order valence-corrected chi connectivity index (χ3v) is 4.76. The summed E-state index contributed by atoms with van der Waals surface area (Å²) in [4.78, 5) is 33.1. The van der Waals surface area contributed by atoms with E-state index in [1.54, 1.807) is 19.1 Å². The molecular formula is C21H14N4O6. The summed E-state index contributed by atoms with van der Waals surface area (Å²) in [7, 11) is 0. The third kappa shape index (κ3) is 3.69. The molecule has 0 aliphatic rings. The van der Waals surface area contributed by atoms with E-state index in [9.17, 15) is 25.0 Å². The topological polar surface area (TPSA) is 141 Å². The number of non-ortho nitro benzene ring substituents is 1. The van der Waals surface area contributed by atoms with Crippen molar-refractivity contribution in [3.05, 3.63) is 96.9 Å². The number of nitrogens with zero attached hydrogens (tertiary/aromatic N) is 3. The molecule has 154 valence electrons. The zero-order valence-electron chi connectivity index (χ0n) is 16.1. The van der Waals surface area contributed by atoms with Gasteiger partial charge in [-0.3, -0.25) is 25.7 Å². The van der Waals surface area contributed by atoms with Crippen molar-refractivity contribution in [1.29, 1.82) is 0 Å². The molecule has 4 rings (SSSR count). The third-order valence-electron chi connectivity index (χ3n) is 4.76. The highest BCUT2D eigenvalue weighted by Crippen LogP contribution is 2.29. The van der Waals surface area contributed by atoms with Crippen molar-refractivity contribution in [1.82, 2.24) is 0 Å². The van der Waals surface area contributed by atoms with Gasteiger partial charge in [-0.2, -0.15) is 5.10 Å². The van der Waals surface area contributed by atoms with Gasteiger partial charge in [0.05, 0.1) is 27.2 Å². The van der Waals surface area contributed by atoms with Gasteiger partial charge >= 0.3 is 11.3 Å². The van der Waals surface area contributed by atoms with Crippen LogP contribution in [0.1, 0.15) is 12.5 Å². The highest BCUT2D eigenvalue weighted by molar-refractivity contribution is 6.08. The highest BCUT2D eigenvalue weighted by atomic mass is 16.6. The summed E-state index contributed by atoms with van der Waals surface area (Å²) in [6.07, 6.45) is 0. The average molecular weight is 418 g/mol. The van der Waals surface area contributed by atoms with Crippen LogP contribution in [0, 0.1) is 20.2 Å². The molecule has 4 aromatic rings. The Morgan fingerprint density at radius 2 is 1.74 bits per heavy atom. The number of benzene rings is 3. The van der Waals surface area contributed by atoms with Gasteiger partial charge in [0.15, 0.2) is 0 Å². The first-order chi connectivity index (χ1) is 14.8. The minimum atomic E-state index is -0.753. The lowest BCUT2D eigenvalue weighted by atomic mass is 10.0. The number of nitro benzene ring substituents is 2. The zero-order valence-corrected chi connectivity index (χ0v) is 16.1. The molecule has 0 atom stereocenters. The molecule has 3 aromatic carbocycles. The zero-order chi connectivity index (χ0) is 22.1. The molecule has 0 aliphatic heterocycles. The fourth-order valence-electron chi connectivity index (χ4n) is 3.21. The molecule has 0 spiro atoms.